The number of aryl methyl sites for hydroxylation is 2. The van der Waals surface area contributed by atoms with Crippen molar-refractivity contribution in [3.63, 3.8) is 0 Å². The highest BCUT2D eigenvalue weighted by Gasteiger charge is 2.13. The standard InChI is InChI=1S/C18H17NO/c1-14-5-9-16(10-6-14)19(18-4-3-13-20-18)17-11-7-15(2)8-12-17/h3-13H,1-2H3. The zero-order valence-corrected chi connectivity index (χ0v) is 11.7. The Morgan fingerprint density at radius 1 is 0.700 bits per heavy atom. The molecule has 0 radical (unpaired) electrons. The zero-order chi connectivity index (χ0) is 13.9. The van der Waals surface area contributed by atoms with Gasteiger partial charge in [-0.3, -0.25) is 4.90 Å². The first kappa shape index (κ1) is 12.5. The molecule has 2 nitrogen and oxygen atoms in total. The average Bonchev–Trinajstić information content (AvgIpc) is 2.97. The Morgan fingerprint density at radius 3 is 1.60 bits per heavy atom. The summed E-state index contributed by atoms with van der Waals surface area (Å²) in [7, 11) is 0. The molecule has 20 heavy (non-hydrogen) atoms. The lowest BCUT2D eigenvalue weighted by atomic mass is 10.1. The maximum atomic E-state index is 5.59. The van der Waals surface area contributed by atoms with Crippen LogP contribution in [0.2, 0.25) is 0 Å². The first-order valence-electron chi connectivity index (χ1n) is 6.71. The molecule has 0 aliphatic rings. The molecule has 0 saturated carbocycles. The van der Waals surface area contributed by atoms with E-state index in [-0.39, 0.29) is 0 Å². The Kier molecular flexibility index (Phi) is 3.30. The molecule has 1 aromatic heterocycles. The van der Waals surface area contributed by atoms with E-state index in [4.69, 9.17) is 4.42 Å². The van der Waals surface area contributed by atoms with E-state index in [0.717, 1.165) is 17.3 Å². The van der Waals surface area contributed by atoms with Gasteiger partial charge in [0.25, 0.3) is 0 Å². The summed E-state index contributed by atoms with van der Waals surface area (Å²) < 4.78 is 5.59. The third-order valence-corrected chi connectivity index (χ3v) is 3.31. The van der Waals surface area contributed by atoms with Crippen LogP contribution in [-0.2, 0) is 0 Å². The highest BCUT2D eigenvalue weighted by atomic mass is 16.3. The van der Waals surface area contributed by atoms with Crippen LogP contribution in [0.1, 0.15) is 11.1 Å². The van der Waals surface area contributed by atoms with E-state index in [1.54, 1.807) is 6.26 Å². The topological polar surface area (TPSA) is 16.4 Å². The average molecular weight is 263 g/mol. The predicted molar refractivity (Wildman–Crippen MR) is 82.9 cm³/mol. The second-order valence-corrected chi connectivity index (χ2v) is 4.96. The molecule has 0 aliphatic heterocycles. The van der Waals surface area contributed by atoms with Crippen molar-refractivity contribution in [2.45, 2.75) is 13.8 Å². The summed E-state index contributed by atoms with van der Waals surface area (Å²) in [4.78, 5) is 2.11. The van der Waals surface area contributed by atoms with E-state index in [1.807, 2.05) is 12.1 Å². The number of hydrogen-bond acceptors (Lipinski definition) is 2. The Balaban J connectivity index is 2.09. The van der Waals surface area contributed by atoms with Crippen molar-refractivity contribution in [1.82, 2.24) is 0 Å². The third kappa shape index (κ3) is 2.45. The smallest absolute Gasteiger partial charge is 0.204 e. The number of rotatable bonds is 3. The van der Waals surface area contributed by atoms with Crippen LogP contribution in [0.15, 0.2) is 71.3 Å². The molecule has 1 heterocycles. The van der Waals surface area contributed by atoms with Crippen LogP contribution in [0.25, 0.3) is 0 Å². The molecular weight excluding hydrogens is 246 g/mol. The molecule has 2 aromatic carbocycles. The van der Waals surface area contributed by atoms with Gasteiger partial charge in [-0.05, 0) is 44.2 Å². The number of furan rings is 1. The van der Waals surface area contributed by atoms with Crippen molar-refractivity contribution in [1.29, 1.82) is 0 Å². The lowest BCUT2D eigenvalue weighted by molar-refractivity contribution is 0.574. The van der Waals surface area contributed by atoms with Crippen molar-refractivity contribution in [2.75, 3.05) is 4.90 Å². The van der Waals surface area contributed by atoms with Gasteiger partial charge in [0, 0.05) is 17.4 Å². The van der Waals surface area contributed by atoms with Crippen molar-refractivity contribution in [3.8, 4) is 0 Å². The first-order valence-corrected chi connectivity index (χ1v) is 6.71. The second kappa shape index (κ2) is 5.25. The SMILES string of the molecule is Cc1ccc(N(c2ccc(C)cc2)c2ccco2)cc1. The van der Waals surface area contributed by atoms with Crippen molar-refractivity contribution in [2.24, 2.45) is 0 Å². The Hall–Kier alpha value is -2.48. The summed E-state index contributed by atoms with van der Waals surface area (Å²) in [6, 6.07) is 20.8. The largest absolute Gasteiger partial charge is 0.448 e. The summed E-state index contributed by atoms with van der Waals surface area (Å²) in [6.45, 7) is 4.18. The number of anilines is 3. The molecule has 0 N–H and O–H groups in total. The molecule has 3 rings (SSSR count). The van der Waals surface area contributed by atoms with Crippen LogP contribution in [0.4, 0.5) is 17.3 Å². The highest BCUT2D eigenvalue weighted by molar-refractivity contribution is 5.73. The van der Waals surface area contributed by atoms with E-state index >= 15 is 0 Å². The second-order valence-electron chi connectivity index (χ2n) is 4.96. The van der Waals surface area contributed by atoms with E-state index in [2.05, 4.69) is 67.3 Å². The van der Waals surface area contributed by atoms with Gasteiger partial charge in [-0.1, -0.05) is 35.4 Å². The molecule has 0 spiro atoms. The molecular formula is C18H17NO. The van der Waals surface area contributed by atoms with E-state index in [9.17, 15) is 0 Å². The zero-order valence-electron chi connectivity index (χ0n) is 11.7. The Morgan fingerprint density at radius 2 is 1.20 bits per heavy atom. The predicted octanol–water partition coefficient (Wildman–Crippen LogP) is 5.37. The molecule has 0 bridgehead atoms. The molecule has 100 valence electrons. The van der Waals surface area contributed by atoms with E-state index < -0.39 is 0 Å². The summed E-state index contributed by atoms with van der Waals surface area (Å²) in [5.41, 5.74) is 4.68. The number of hydrogen-bond donors (Lipinski definition) is 0. The molecule has 0 atom stereocenters. The maximum absolute atomic E-state index is 5.59. The summed E-state index contributed by atoms with van der Waals surface area (Å²) in [5, 5.41) is 0. The summed E-state index contributed by atoms with van der Waals surface area (Å²) in [6.07, 6.45) is 1.70. The maximum Gasteiger partial charge on any atom is 0.204 e. The van der Waals surface area contributed by atoms with Gasteiger partial charge in [0.15, 0.2) is 0 Å². The Bertz CT molecular complexity index is 621. The molecule has 3 aromatic rings. The van der Waals surface area contributed by atoms with Crippen LogP contribution in [0.5, 0.6) is 0 Å². The lowest BCUT2D eigenvalue weighted by Crippen LogP contribution is -2.08. The molecule has 0 unspecified atom stereocenters. The van der Waals surface area contributed by atoms with Crippen molar-refractivity contribution in [3.05, 3.63) is 78.1 Å². The first-order chi connectivity index (χ1) is 9.74. The highest BCUT2D eigenvalue weighted by Crippen LogP contribution is 2.34. The quantitative estimate of drug-likeness (QED) is 0.632. The van der Waals surface area contributed by atoms with Gasteiger partial charge in [-0.25, -0.2) is 0 Å². The van der Waals surface area contributed by atoms with Gasteiger partial charge in [-0.2, -0.15) is 0 Å². The normalized spacial score (nSPS) is 10.5. The van der Waals surface area contributed by atoms with Crippen LogP contribution in [-0.4, -0.2) is 0 Å². The molecule has 0 aliphatic carbocycles. The van der Waals surface area contributed by atoms with E-state index in [0.29, 0.717) is 0 Å². The minimum absolute atomic E-state index is 0.817. The van der Waals surface area contributed by atoms with E-state index in [1.165, 1.54) is 11.1 Å². The van der Waals surface area contributed by atoms with Crippen LogP contribution in [0.3, 0.4) is 0 Å². The minimum Gasteiger partial charge on any atom is -0.448 e. The fraction of sp³-hybridized carbons (Fsp3) is 0.111. The van der Waals surface area contributed by atoms with Crippen LogP contribution >= 0.6 is 0 Å². The molecule has 0 fully saturated rings. The van der Waals surface area contributed by atoms with Crippen molar-refractivity contribution < 1.29 is 4.42 Å². The van der Waals surface area contributed by atoms with Crippen LogP contribution in [0, 0.1) is 13.8 Å². The fourth-order valence-electron chi connectivity index (χ4n) is 2.19. The van der Waals surface area contributed by atoms with Gasteiger partial charge < -0.3 is 4.42 Å². The molecule has 0 saturated heterocycles. The molecule has 0 amide bonds. The van der Waals surface area contributed by atoms with Gasteiger partial charge in [0.1, 0.15) is 0 Å². The monoisotopic (exact) mass is 263 g/mol. The summed E-state index contributed by atoms with van der Waals surface area (Å²) in [5.74, 6) is 0.817. The number of benzene rings is 2. The van der Waals surface area contributed by atoms with Crippen LogP contribution < -0.4 is 4.90 Å². The Labute approximate surface area is 119 Å². The minimum atomic E-state index is 0.817. The number of nitrogens with zero attached hydrogens (tertiary/aromatic N) is 1. The van der Waals surface area contributed by atoms with Gasteiger partial charge in [-0.15, -0.1) is 0 Å². The third-order valence-electron chi connectivity index (χ3n) is 3.31. The van der Waals surface area contributed by atoms with Gasteiger partial charge >= 0.3 is 0 Å². The van der Waals surface area contributed by atoms with Gasteiger partial charge in [0.2, 0.25) is 5.88 Å². The summed E-state index contributed by atoms with van der Waals surface area (Å²) >= 11 is 0. The van der Waals surface area contributed by atoms with Crippen molar-refractivity contribution >= 4 is 17.3 Å². The lowest BCUT2D eigenvalue weighted by Gasteiger charge is -2.22. The fourth-order valence-corrected chi connectivity index (χ4v) is 2.19. The van der Waals surface area contributed by atoms with Gasteiger partial charge in [0.05, 0.1) is 6.26 Å². The molecule has 2 heteroatoms.